The summed E-state index contributed by atoms with van der Waals surface area (Å²) in [5.74, 6) is -0.376. The van der Waals surface area contributed by atoms with E-state index in [0.29, 0.717) is 5.69 Å². The van der Waals surface area contributed by atoms with Crippen LogP contribution < -0.4 is 10.2 Å². The standard InChI is InChI=1S/C12H15FN2O2/c1-17-12(16)14-10-8-9(13)4-5-11(10)15-6-2-3-7-15/h4-5,8H,2-3,6-7H2,1H3,(H,14,16). The Morgan fingerprint density at radius 1 is 1.41 bits per heavy atom. The highest BCUT2D eigenvalue weighted by molar-refractivity contribution is 5.89. The lowest BCUT2D eigenvalue weighted by molar-refractivity contribution is 0.187. The number of ether oxygens (including phenoxy) is 1. The Balaban J connectivity index is 2.26. The Hall–Kier alpha value is -1.78. The maximum atomic E-state index is 13.2. The molecule has 92 valence electrons. The molecular weight excluding hydrogens is 223 g/mol. The van der Waals surface area contributed by atoms with Crippen LogP contribution in [0.1, 0.15) is 12.8 Å². The number of halogens is 1. The fraction of sp³-hybridized carbons (Fsp3) is 0.417. The summed E-state index contributed by atoms with van der Waals surface area (Å²) >= 11 is 0. The molecule has 0 unspecified atom stereocenters. The van der Waals surface area contributed by atoms with Crippen LogP contribution in [0.25, 0.3) is 0 Å². The highest BCUT2D eigenvalue weighted by Crippen LogP contribution is 2.29. The van der Waals surface area contributed by atoms with Gasteiger partial charge in [0, 0.05) is 13.1 Å². The van der Waals surface area contributed by atoms with Crippen molar-refractivity contribution in [3.05, 3.63) is 24.0 Å². The van der Waals surface area contributed by atoms with Gasteiger partial charge in [-0.3, -0.25) is 5.32 Å². The molecule has 1 N–H and O–H groups in total. The van der Waals surface area contributed by atoms with Gasteiger partial charge in [0.2, 0.25) is 0 Å². The SMILES string of the molecule is COC(=O)Nc1cc(F)ccc1N1CCCC1. The quantitative estimate of drug-likeness (QED) is 0.861. The topological polar surface area (TPSA) is 41.6 Å². The molecule has 2 rings (SSSR count). The number of amides is 1. The number of nitrogens with one attached hydrogen (secondary N) is 1. The zero-order valence-electron chi connectivity index (χ0n) is 9.70. The van der Waals surface area contributed by atoms with Crippen LogP contribution >= 0.6 is 0 Å². The summed E-state index contributed by atoms with van der Waals surface area (Å²) in [6, 6.07) is 4.40. The van der Waals surface area contributed by atoms with Gasteiger partial charge in [0.25, 0.3) is 0 Å². The number of hydrogen-bond acceptors (Lipinski definition) is 3. The van der Waals surface area contributed by atoms with Crippen molar-refractivity contribution in [3.63, 3.8) is 0 Å². The van der Waals surface area contributed by atoms with Crippen LogP contribution in [0.3, 0.4) is 0 Å². The van der Waals surface area contributed by atoms with Gasteiger partial charge in [-0.25, -0.2) is 9.18 Å². The molecule has 1 saturated heterocycles. The Morgan fingerprint density at radius 2 is 2.12 bits per heavy atom. The molecule has 0 aromatic heterocycles. The van der Waals surface area contributed by atoms with Crippen LogP contribution in [0.2, 0.25) is 0 Å². The number of anilines is 2. The van der Waals surface area contributed by atoms with E-state index in [9.17, 15) is 9.18 Å². The third-order valence-electron chi connectivity index (χ3n) is 2.83. The molecule has 1 heterocycles. The lowest BCUT2D eigenvalue weighted by Crippen LogP contribution is -2.21. The van der Waals surface area contributed by atoms with Gasteiger partial charge in [-0.1, -0.05) is 0 Å². The van der Waals surface area contributed by atoms with Crippen LogP contribution in [-0.4, -0.2) is 26.3 Å². The first-order chi connectivity index (χ1) is 8.20. The van der Waals surface area contributed by atoms with Crippen molar-refractivity contribution in [1.29, 1.82) is 0 Å². The van der Waals surface area contributed by atoms with Crippen LogP contribution in [-0.2, 0) is 4.74 Å². The molecule has 0 spiro atoms. The summed E-state index contributed by atoms with van der Waals surface area (Å²) in [4.78, 5) is 13.3. The van der Waals surface area contributed by atoms with Crippen molar-refractivity contribution in [2.24, 2.45) is 0 Å². The van der Waals surface area contributed by atoms with Crippen molar-refractivity contribution < 1.29 is 13.9 Å². The molecule has 0 aliphatic carbocycles. The van der Waals surface area contributed by atoms with E-state index >= 15 is 0 Å². The second-order valence-electron chi connectivity index (χ2n) is 3.97. The normalized spacial score (nSPS) is 14.8. The molecule has 0 atom stereocenters. The van der Waals surface area contributed by atoms with Gasteiger partial charge in [-0.05, 0) is 31.0 Å². The molecule has 0 radical (unpaired) electrons. The minimum atomic E-state index is -0.587. The summed E-state index contributed by atoms with van der Waals surface area (Å²) in [6.45, 7) is 1.86. The third-order valence-corrected chi connectivity index (χ3v) is 2.83. The fourth-order valence-electron chi connectivity index (χ4n) is 2.00. The molecule has 17 heavy (non-hydrogen) atoms. The maximum Gasteiger partial charge on any atom is 0.411 e. The number of nitrogens with zero attached hydrogens (tertiary/aromatic N) is 1. The highest BCUT2D eigenvalue weighted by atomic mass is 19.1. The van der Waals surface area contributed by atoms with E-state index in [1.54, 1.807) is 6.07 Å². The molecule has 1 aliphatic heterocycles. The molecule has 0 bridgehead atoms. The van der Waals surface area contributed by atoms with Gasteiger partial charge < -0.3 is 9.64 Å². The summed E-state index contributed by atoms with van der Waals surface area (Å²) in [6.07, 6.45) is 1.65. The molecule has 0 saturated carbocycles. The maximum absolute atomic E-state index is 13.2. The number of rotatable bonds is 2. The van der Waals surface area contributed by atoms with Crippen LogP contribution in [0.5, 0.6) is 0 Å². The Morgan fingerprint density at radius 3 is 2.76 bits per heavy atom. The van der Waals surface area contributed by atoms with E-state index in [0.717, 1.165) is 31.6 Å². The van der Waals surface area contributed by atoms with E-state index in [1.165, 1.54) is 19.2 Å². The monoisotopic (exact) mass is 238 g/mol. The van der Waals surface area contributed by atoms with Crippen molar-refractivity contribution in [1.82, 2.24) is 0 Å². The van der Waals surface area contributed by atoms with Crippen molar-refractivity contribution >= 4 is 17.5 Å². The Labute approximate surface area is 99.4 Å². The van der Waals surface area contributed by atoms with Gasteiger partial charge in [0.15, 0.2) is 0 Å². The summed E-state index contributed by atoms with van der Waals surface area (Å²) < 4.78 is 17.7. The lowest BCUT2D eigenvalue weighted by atomic mass is 10.2. The van der Waals surface area contributed by atoms with Gasteiger partial charge in [-0.15, -0.1) is 0 Å². The van der Waals surface area contributed by atoms with Crippen LogP contribution in [0.15, 0.2) is 18.2 Å². The van der Waals surface area contributed by atoms with Crippen LogP contribution in [0.4, 0.5) is 20.6 Å². The molecule has 4 nitrogen and oxygen atoms in total. The second kappa shape index (κ2) is 5.03. The van der Waals surface area contributed by atoms with Crippen molar-refractivity contribution in [2.45, 2.75) is 12.8 Å². The number of benzene rings is 1. The van der Waals surface area contributed by atoms with E-state index in [-0.39, 0.29) is 5.82 Å². The molecular formula is C12H15FN2O2. The molecule has 1 aliphatic rings. The van der Waals surface area contributed by atoms with E-state index in [4.69, 9.17) is 0 Å². The van der Waals surface area contributed by atoms with E-state index in [2.05, 4.69) is 15.0 Å². The van der Waals surface area contributed by atoms with Crippen molar-refractivity contribution in [3.8, 4) is 0 Å². The van der Waals surface area contributed by atoms with Gasteiger partial charge in [0.05, 0.1) is 18.5 Å². The number of hydrogen-bond donors (Lipinski definition) is 1. The average Bonchev–Trinajstić information content (AvgIpc) is 2.82. The number of carbonyl (C=O) groups is 1. The zero-order valence-corrected chi connectivity index (χ0v) is 9.70. The molecule has 5 heteroatoms. The number of methoxy groups -OCH3 is 1. The first-order valence-electron chi connectivity index (χ1n) is 5.60. The molecule has 1 amide bonds. The number of carbonyl (C=O) groups excluding carboxylic acids is 1. The smallest absolute Gasteiger partial charge is 0.411 e. The Bertz CT molecular complexity index is 417. The average molecular weight is 238 g/mol. The first kappa shape index (κ1) is 11.7. The van der Waals surface area contributed by atoms with Crippen molar-refractivity contribution in [2.75, 3.05) is 30.4 Å². The van der Waals surface area contributed by atoms with E-state index in [1.807, 2.05) is 0 Å². The summed E-state index contributed by atoms with van der Waals surface area (Å²) in [5.41, 5.74) is 1.30. The van der Waals surface area contributed by atoms with Gasteiger partial charge in [0.1, 0.15) is 5.82 Å². The van der Waals surface area contributed by atoms with Gasteiger partial charge >= 0.3 is 6.09 Å². The lowest BCUT2D eigenvalue weighted by Gasteiger charge is -2.21. The predicted octanol–water partition coefficient (Wildman–Crippen LogP) is 2.60. The van der Waals surface area contributed by atoms with E-state index < -0.39 is 6.09 Å². The fourth-order valence-corrected chi connectivity index (χ4v) is 2.00. The van der Waals surface area contributed by atoms with Gasteiger partial charge in [-0.2, -0.15) is 0 Å². The van der Waals surface area contributed by atoms with Crippen LogP contribution in [0, 0.1) is 5.82 Å². The zero-order chi connectivity index (χ0) is 12.3. The highest BCUT2D eigenvalue weighted by Gasteiger charge is 2.17. The molecule has 1 aromatic rings. The summed E-state index contributed by atoms with van der Waals surface area (Å²) in [5, 5.41) is 2.54. The first-order valence-corrected chi connectivity index (χ1v) is 5.60. The second-order valence-corrected chi connectivity index (χ2v) is 3.97. The molecule has 1 aromatic carbocycles. The minimum Gasteiger partial charge on any atom is -0.453 e. The summed E-state index contributed by atoms with van der Waals surface area (Å²) in [7, 11) is 1.28. The third kappa shape index (κ3) is 2.67. The molecule has 1 fully saturated rings. The minimum absolute atomic E-state index is 0.376. The largest absolute Gasteiger partial charge is 0.453 e. The predicted molar refractivity (Wildman–Crippen MR) is 63.9 cm³/mol. The Kier molecular flexibility index (Phi) is 3.46.